The maximum atomic E-state index is 11.3. The second kappa shape index (κ2) is 6.85. The van der Waals surface area contributed by atoms with Crippen LogP contribution >= 0.6 is 11.3 Å². The van der Waals surface area contributed by atoms with E-state index in [1.165, 1.54) is 11.3 Å². The quantitative estimate of drug-likeness (QED) is 0.647. The number of carbonyl (C=O) groups is 1. The summed E-state index contributed by atoms with van der Waals surface area (Å²) in [4.78, 5) is 14.2. The third-order valence-corrected chi connectivity index (χ3v) is 4.43. The molecule has 0 N–H and O–H groups in total. The zero-order valence-corrected chi connectivity index (χ0v) is 13.8. The lowest BCUT2D eigenvalue weighted by Gasteiger charge is -2.12. The summed E-state index contributed by atoms with van der Waals surface area (Å²) in [7, 11) is 1.98. The average Bonchev–Trinajstić information content (AvgIpc) is 3.18. The lowest BCUT2D eigenvalue weighted by atomic mass is 10.2. The molecule has 0 amide bonds. The van der Waals surface area contributed by atoms with Gasteiger partial charge in [-0.05, 0) is 43.1 Å². The van der Waals surface area contributed by atoms with Crippen LogP contribution in [-0.4, -0.2) is 27.9 Å². The third kappa shape index (κ3) is 3.91. The number of nitrogens with zero attached hydrogens (tertiary/aromatic N) is 3. The van der Waals surface area contributed by atoms with Crippen LogP contribution in [0, 0.1) is 0 Å². The molecule has 0 saturated heterocycles. The summed E-state index contributed by atoms with van der Waals surface area (Å²) < 4.78 is 5.71. The second-order valence-electron chi connectivity index (χ2n) is 5.41. The Kier molecular flexibility index (Phi) is 4.64. The monoisotopic (exact) mass is 327 g/mol. The zero-order chi connectivity index (χ0) is 16.2. The molecule has 0 bridgehead atoms. The Hall–Kier alpha value is -2.31. The minimum absolute atomic E-state index is 0.105. The summed E-state index contributed by atoms with van der Waals surface area (Å²) >= 11 is 1.48. The molecule has 6 heteroatoms. The Bertz CT molecular complexity index is 795. The van der Waals surface area contributed by atoms with Gasteiger partial charge in [0.2, 0.25) is 11.8 Å². The molecule has 2 heterocycles. The SMILES string of the molecule is CC(=O)c1cc(CN(C)Cc2nnc(-c3ccccc3)o2)cs1. The fourth-order valence-electron chi connectivity index (χ4n) is 2.26. The van der Waals surface area contributed by atoms with Crippen molar-refractivity contribution in [3.63, 3.8) is 0 Å². The lowest BCUT2D eigenvalue weighted by Crippen LogP contribution is -2.17. The van der Waals surface area contributed by atoms with Crippen LogP contribution in [0.1, 0.15) is 28.0 Å². The van der Waals surface area contributed by atoms with E-state index in [0.717, 1.165) is 22.5 Å². The fraction of sp³-hybridized carbons (Fsp3) is 0.235. The van der Waals surface area contributed by atoms with Gasteiger partial charge < -0.3 is 4.42 Å². The summed E-state index contributed by atoms with van der Waals surface area (Å²) in [5.41, 5.74) is 2.03. The molecule has 0 aliphatic carbocycles. The highest BCUT2D eigenvalue weighted by Crippen LogP contribution is 2.19. The Balaban J connectivity index is 1.62. The van der Waals surface area contributed by atoms with Crippen molar-refractivity contribution in [2.45, 2.75) is 20.0 Å². The van der Waals surface area contributed by atoms with Gasteiger partial charge >= 0.3 is 0 Å². The third-order valence-electron chi connectivity index (χ3n) is 3.35. The molecule has 0 fully saturated rings. The minimum atomic E-state index is 0.105. The van der Waals surface area contributed by atoms with E-state index in [9.17, 15) is 4.79 Å². The normalized spacial score (nSPS) is 11.1. The Labute approximate surface area is 138 Å². The Morgan fingerprint density at radius 1 is 1.22 bits per heavy atom. The molecule has 118 valence electrons. The number of hydrogen-bond donors (Lipinski definition) is 0. The lowest BCUT2D eigenvalue weighted by molar-refractivity contribution is 0.102. The number of Topliss-reactive ketones (excluding diaryl/α,β-unsaturated/α-hetero) is 1. The van der Waals surface area contributed by atoms with Crippen LogP contribution in [-0.2, 0) is 13.1 Å². The smallest absolute Gasteiger partial charge is 0.247 e. The maximum absolute atomic E-state index is 11.3. The topological polar surface area (TPSA) is 59.2 Å². The molecule has 1 aromatic carbocycles. The van der Waals surface area contributed by atoms with Crippen LogP contribution in [0.15, 0.2) is 46.2 Å². The minimum Gasteiger partial charge on any atom is -0.419 e. The first kappa shape index (κ1) is 15.6. The molecule has 23 heavy (non-hydrogen) atoms. The first-order valence-electron chi connectivity index (χ1n) is 7.26. The standard InChI is InChI=1S/C17H17N3O2S/c1-12(21)15-8-13(11-23-15)9-20(2)10-16-18-19-17(22-16)14-6-4-3-5-7-14/h3-8,11H,9-10H2,1-2H3. The molecule has 0 unspecified atom stereocenters. The predicted molar refractivity (Wildman–Crippen MR) is 89.2 cm³/mol. The van der Waals surface area contributed by atoms with Gasteiger partial charge in [0.25, 0.3) is 0 Å². The van der Waals surface area contributed by atoms with Crippen LogP contribution < -0.4 is 0 Å². The van der Waals surface area contributed by atoms with Gasteiger partial charge in [-0.1, -0.05) is 18.2 Å². The van der Waals surface area contributed by atoms with E-state index in [0.29, 0.717) is 18.3 Å². The summed E-state index contributed by atoms with van der Waals surface area (Å²) in [6.45, 7) is 2.88. The molecule has 0 atom stereocenters. The molecular formula is C17H17N3O2S. The number of carbonyl (C=O) groups excluding carboxylic acids is 1. The number of ketones is 1. The van der Waals surface area contributed by atoms with Crippen LogP contribution in [0.25, 0.3) is 11.5 Å². The highest BCUT2D eigenvalue weighted by atomic mass is 32.1. The number of aromatic nitrogens is 2. The summed E-state index contributed by atoms with van der Waals surface area (Å²) in [6, 6.07) is 11.6. The second-order valence-corrected chi connectivity index (χ2v) is 6.33. The van der Waals surface area contributed by atoms with Crippen LogP contribution in [0.2, 0.25) is 0 Å². The molecule has 0 aliphatic rings. The molecule has 3 aromatic rings. The van der Waals surface area contributed by atoms with Gasteiger partial charge in [0.05, 0.1) is 11.4 Å². The van der Waals surface area contributed by atoms with E-state index < -0.39 is 0 Å². The van der Waals surface area contributed by atoms with Crippen molar-refractivity contribution in [3.05, 3.63) is 58.1 Å². The van der Waals surface area contributed by atoms with Crippen molar-refractivity contribution >= 4 is 17.1 Å². The van der Waals surface area contributed by atoms with Crippen LogP contribution in [0.5, 0.6) is 0 Å². The first-order chi connectivity index (χ1) is 11.1. The van der Waals surface area contributed by atoms with E-state index in [1.54, 1.807) is 6.92 Å². The molecule has 2 aromatic heterocycles. The van der Waals surface area contributed by atoms with Gasteiger partial charge in [0, 0.05) is 12.1 Å². The van der Waals surface area contributed by atoms with Gasteiger partial charge in [-0.2, -0.15) is 0 Å². The van der Waals surface area contributed by atoms with Gasteiger partial charge in [-0.3, -0.25) is 9.69 Å². The fourth-order valence-corrected chi connectivity index (χ4v) is 3.06. The molecule has 0 spiro atoms. The van der Waals surface area contributed by atoms with Crippen molar-refractivity contribution in [2.75, 3.05) is 7.05 Å². The maximum Gasteiger partial charge on any atom is 0.247 e. The van der Waals surface area contributed by atoms with Crippen molar-refractivity contribution in [1.82, 2.24) is 15.1 Å². The number of thiophene rings is 1. The van der Waals surface area contributed by atoms with Crippen LogP contribution in [0.4, 0.5) is 0 Å². The van der Waals surface area contributed by atoms with E-state index in [2.05, 4.69) is 15.1 Å². The highest BCUT2D eigenvalue weighted by molar-refractivity contribution is 7.12. The number of benzene rings is 1. The molecule has 0 saturated carbocycles. The highest BCUT2D eigenvalue weighted by Gasteiger charge is 2.12. The van der Waals surface area contributed by atoms with Crippen molar-refractivity contribution in [2.24, 2.45) is 0 Å². The summed E-state index contributed by atoms with van der Waals surface area (Å²) in [5, 5.41) is 10.2. The van der Waals surface area contributed by atoms with E-state index >= 15 is 0 Å². The average molecular weight is 327 g/mol. The van der Waals surface area contributed by atoms with E-state index in [4.69, 9.17) is 4.42 Å². The van der Waals surface area contributed by atoms with Crippen LogP contribution in [0.3, 0.4) is 0 Å². The first-order valence-corrected chi connectivity index (χ1v) is 8.14. The molecule has 3 rings (SSSR count). The predicted octanol–water partition coefficient (Wildman–Crippen LogP) is 3.63. The van der Waals surface area contributed by atoms with E-state index in [1.807, 2.05) is 48.8 Å². The Morgan fingerprint density at radius 3 is 2.70 bits per heavy atom. The van der Waals surface area contributed by atoms with Gasteiger partial charge in [-0.25, -0.2) is 0 Å². The molecule has 0 radical (unpaired) electrons. The molecule has 5 nitrogen and oxygen atoms in total. The number of rotatable bonds is 6. The number of hydrogen-bond acceptors (Lipinski definition) is 6. The Morgan fingerprint density at radius 2 is 2.00 bits per heavy atom. The molecule has 0 aliphatic heterocycles. The summed E-state index contributed by atoms with van der Waals surface area (Å²) in [5.74, 6) is 1.21. The van der Waals surface area contributed by atoms with Gasteiger partial charge in [0.1, 0.15) is 0 Å². The van der Waals surface area contributed by atoms with Gasteiger partial charge in [-0.15, -0.1) is 21.5 Å². The van der Waals surface area contributed by atoms with E-state index in [-0.39, 0.29) is 5.78 Å². The molecular weight excluding hydrogens is 310 g/mol. The van der Waals surface area contributed by atoms with Crippen molar-refractivity contribution < 1.29 is 9.21 Å². The van der Waals surface area contributed by atoms with Crippen molar-refractivity contribution in [1.29, 1.82) is 0 Å². The zero-order valence-electron chi connectivity index (χ0n) is 13.0. The largest absolute Gasteiger partial charge is 0.419 e. The van der Waals surface area contributed by atoms with Crippen molar-refractivity contribution in [3.8, 4) is 11.5 Å². The summed E-state index contributed by atoms with van der Waals surface area (Å²) in [6.07, 6.45) is 0. The van der Waals surface area contributed by atoms with Gasteiger partial charge in [0.15, 0.2) is 5.78 Å².